The van der Waals surface area contributed by atoms with Gasteiger partial charge in [-0.1, -0.05) is 17.8 Å². The lowest BCUT2D eigenvalue weighted by atomic mass is 9.94. The van der Waals surface area contributed by atoms with Crippen molar-refractivity contribution in [2.45, 2.75) is 13.0 Å². The van der Waals surface area contributed by atoms with E-state index in [-0.39, 0.29) is 17.2 Å². The van der Waals surface area contributed by atoms with Gasteiger partial charge >= 0.3 is 5.91 Å². The minimum Gasteiger partial charge on any atom is -0.507 e. The second-order valence-corrected chi connectivity index (χ2v) is 7.70. The predicted molar refractivity (Wildman–Crippen MR) is 128 cm³/mol. The molecule has 2 heterocycles. The largest absolute Gasteiger partial charge is 0.507 e. The Kier molecular flexibility index (Phi) is 6.59. The Morgan fingerprint density at radius 1 is 1.11 bits per heavy atom. The van der Waals surface area contributed by atoms with Gasteiger partial charge < -0.3 is 23.8 Å². The summed E-state index contributed by atoms with van der Waals surface area (Å²) in [6, 6.07) is 12.0. The van der Waals surface area contributed by atoms with Crippen molar-refractivity contribution < 1.29 is 33.4 Å². The second kappa shape index (κ2) is 9.76. The lowest BCUT2D eigenvalue weighted by molar-refractivity contribution is -0.132. The highest BCUT2D eigenvalue weighted by Crippen LogP contribution is 2.45. The van der Waals surface area contributed by atoms with Crippen molar-refractivity contribution in [3.05, 3.63) is 83.6 Å². The number of carbonyl (C=O) groups is 2. The highest BCUT2D eigenvalue weighted by molar-refractivity contribution is 6.51. The number of methoxy groups -OCH3 is 2. The third kappa shape index (κ3) is 4.35. The number of benzene rings is 2. The molecule has 0 saturated carbocycles. The maximum Gasteiger partial charge on any atom is 0.301 e. The van der Waals surface area contributed by atoms with Crippen LogP contribution in [0.25, 0.3) is 5.76 Å². The molecular formula is C26H24N2O7. The molecule has 4 rings (SSSR count). The minimum atomic E-state index is -1.05. The molecule has 1 N–H and O–H groups in total. The zero-order chi connectivity index (χ0) is 25.1. The zero-order valence-corrected chi connectivity index (χ0v) is 19.5. The second-order valence-electron chi connectivity index (χ2n) is 7.70. The molecule has 1 atom stereocenters. The molecule has 3 aromatic rings. The molecule has 0 aliphatic carbocycles. The molecule has 35 heavy (non-hydrogen) atoms. The van der Waals surface area contributed by atoms with Crippen molar-refractivity contribution in [1.29, 1.82) is 0 Å². The van der Waals surface area contributed by atoms with Gasteiger partial charge in [-0.25, -0.2) is 0 Å². The van der Waals surface area contributed by atoms with Crippen molar-refractivity contribution in [3.63, 3.8) is 0 Å². The van der Waals surface area contributed by atoms with Gasteiger partial charge in [-0.15, -0.1) is 0 Å². The maximum atomic E-state index is 13.3. The first-order valence-corrected chi connectivity index (χ1v) is 10.7. The summed E-state index contributed by atoms with van der Waals surface area (Å²) >= 11 is 0. The fourth-order valence-electron chi connectivity index (χ4n) is 3.90. The van der Waals surface area contributed by atoms with Gasteiger partial charge in [-0.2, -0.15) is 0 Å². The molecule has 9 heteroatoms. The maximum absolute atomic E-state index is 13.3. The topological polar surface area (TPSA) is 111 Å². The van der Waals surface area contributed by atoms with Crippen LogP contribution in [-0.4, -0.2) is 42.8 Å². The summed E-state index contributed by atoms with van der Waals surface area (Å²) in [5.41, 5.74) is 0.637. The molecule has 180 valence electrons. The average molecular weight is 476 g/mol. The molecule has 1 unspecified atom stereocenters. The van der Waals surface area contributed by atoms with E-state index in [0.717, 1.165) is 0 Å². The molecule has 9 nitrogen and oxygen atoms in total. The molecule has 0 radical (unpaired) electrons. The van der Waals surface area contributed by atoms with E-state index < -0.39 is 17.7 Å². The summed E-state index contributed by atoms with van der Waals surface area (Å²) in [6.45, 7) is 5.60. The van der Waals surface area contributed by atoms with E-state index in [1.165, 1.54) is 25.2 Å². The number of aliphatic hydroxyl groups excluding tert-OH is 1. The quantitative estimate of drug-likeness (QED) is 0.223. The Balaban J connectivity index is 1.92. The number of aryl methyl sites for hydroxylation is 1. The molecule has 0 spiro atoms. The van der Waals surface area contributed by atoms with Gasteiger partial charge in [0.05, 0.1) is 19.8 Å². The van der Waals surface area contributed by atoms with Crippen molar-refractivity contribution >= 4 is 23.3 Å². The van der Waals surface area contributed by atoms with Crippen molar-refractivity contribution in [3.8, 4) is 17.2 Å². The monoisotopic (exact) mass is 476 g/mol. The van der Waals surface area contributed by atoms with Crippen molar-refractivity contribution in [1.82, 2.24) is 5.16 Å². The number of aliphatic hydroxyl groups is 1. The van der Waals surface area contributed by atoms with Crippen LogP contribution in [0, 0.1) is 6.92 Å². The third-order valence-corrected chi connectivity index (χ3v) is 5.53. The normalized spacial score (nSPS) is 16.9. The highest BCUT2D eigenvalue weighted by atomic mass is 16.5. The Morgan fingerprint density at radius 3 is 2.43 bits per heavy atom. The van der Waals surface area contributed by atoms with Gasteiger partial charge in [0.15, 0.2) is 5.82 Å². The average Bonchev–Trinajstić information content (AvgIpc) is 3.42. The van der Waals surface area contributed by atoms with Crippen LogP contribution in [0.4, 0.5) is 5.82 Å². The van der Waals surface area contributed by atoms with Crippen LogP contribution in [0.1, 0.15) is 22.9 Å². The van der Waals surface area contributed by atoms with Crippen LogP contribution in [0.2, 0.25) is 0 Å². The molecule has 2 aromatic carbocycles. The standard InChI is InChI=1S/C26H24N2O7/c1-5-12-34-17-8-6-16(7-9-17)24(29)22-23(19-14-18(32-3)10-11-20(19)33-4)28(26(31)25(22)30)21-13-15(2)35-27-21/h5-11,13-14,23,29H,1,12H2,2-4H3. The Hall–Kier alpha value is -4.53. The Bertz CT molecular complexity index is 1310. The predicted octanol–water partition coefficient (Wildman–Crippen LogP) is 4.19. The van der Waals surface area contributed by atoms with Crippen molar-refractivity contribution in [2.24, 2.45) is 0 Å². The van der Waals surface area contributed by atoms with E-state index in [1.54, 1.807) is 55.5 Å². The lowest BCUT2D eigenvalue weighted by Gasteiger charge is -2.24. The number of ketones is 1. The number of aromatic nitrogens is 1. The zero-order valence-electron chi connectivity index (χ0n) is 19.5. The summed E-state index contributed by atoms with van der Waals surface area (Å²) in [5, 5.41) is 15.2. The van der Waals surface area contributed by atoms with E-state index in [9.17, 15) is 14.7 Å². The van der Waals surface area contributed by atoms with Crippen LogP contribution in [-0.2, 0) is 9.59 Å². The number of nitrogens with zero attached hydrogens (tertiary/aromatic N) is 2. The molecule has 1 amide bonds. The molecule has 1 aromatic heterocycles. The van der Waals surface area contributed by atoms with Gasteiger partial charge in [-0.3, -0.25) is 14.5 Å². The number of hydrogen-bond acceptors (Lipinski definition) is 8. The van der Waals surface area contributed by atoms with Crippen LogP contribution in [0.15, 0.2) is 71.3 Å². The van der Waals surface area contributed by atoms with Gasteiger partial charge in [0, 0.05) is 17.2 Å². The smallest absolute Gasteiger partial charge is 0.301 e. The summed E-state index contributed by atoms with van der Waals surface area (Å²) in [4.78, 5) is 27.7. The van der Waals surface area contributed by atoms with Crippen molar-refractivity contribution in [2.75, 3.05) is 25.7 Å². The minimum absolute atomic E-state index is 0.123. The molecule has 1 fully saturated rings. The van der Waals surface area contributed by atoms with Crippen LogP contribution >= 0.6 is 0 Å². The number of carbonyl (C=O) groups excluding carboxylic acids is 2. The van der Waals surface area contributed by atoms with Gasteiger partial charge in [0.2, 0.25) is 0 Å². The third-order valence-electron chi connectivity index (χ3n) is 5.53. The number of hydrogen-bond donors (Lipinski definition) is 1. The number of Topliss-reactive ketones (excluding diaryl/α,β-unsaturated/α-hetero) is 1. The summed E-state index contributed by atoms with van der Waals surface area (Å²) in [5.74, 6) is -0.0682. The number of anilines is 1. The summed E-state index contributed by atoms with van der Waals surface area (Å²) in [7, 11) is 2.97. The van der Waals surface area contributed by atoms with Crippen LogP contribution < -0.4 is 19.1 Å². The van der Waals surface area contributed by atoms with E-state index in [0.29, 0.717) is 40.7 Å². The molecular weight excluding hydrogens is 452 g/mol. The van der Waals surface area contributed by atoms with E-state index in [1.807, 2.05) is 0 Å². The first-order valence-electron chi connectivity index (χ1n) is 10.7. The summed E-state index contributed by atoms with van der Waals surface area (Å²) in [6.07, 6.45) is 1.61. The van der Waals surface area contributed by atoms with Gasteiger partial charge in [0.1, 0.15) is 41.4 Å². The van der Waals surface area contributed by atoms with Gasteiger partial charge in [-0.05, 0) is 49.4 Å². The number of ether oxygens (including phenoxy) is 3. The van der Waals surface area contributed by atoms with E-state index >= 15 is 0 Å². The van der Waals surface area contributed by atoms with E-state index in [4.69, 9.17) is 18.7 Å². The van der Waals surface area contributed by atoms with Crippen LogP contribution in [0.5, 0.6) is 17.2 Å². The van der Waals surface area contributed by atoms with E-state index in [2.05, 4.69) is 11.7 Å². The first kappa shape index (κ1) is 23.6. The molecule has 0 bridgehead atoms. The van der Waals surface area contributed by atoms with Gasteiger partial charge in [0.25, 0.3) is 5.78 Å². The fraction of sp³-hybridized carbons (Fsp3) is 0.192. The lowest BCUT2D eigenvalue weighted by Crippen LogP contribution is -2.30. The summed E-state index contributed by atoms with van der Waals surface area (Å²) < 4.78 is 21.5. The SMILES string of the molecule is C=CCOc1ccc(C(O)=C2C(=O)C(=O)N(c3cc(C)on3)C2c2cc(OC)ccc2OC)cc1. The van der Waals surface area contributed by atoms with Crippen LogP contribution in [0.3, 0.4) is 0 Å². The Labute approximate surface area is 201 Å². The number of amides is 1. The molecule has 1 saturated heterocycles. The molecule has 1 aliphatic heterocycles. The first-order chi connectivity index (χ1) is 16.9. The fourth-order valence-corrected chi connectivity index (χ4v) is 3.90. The number of rotatable bonds is 8. The Morgan fingerprint density at radius 2 is 1.83 bits per heavy atom. The molecule has 1 aliphatic rings. The highest BCUT2D eigenvalue weighted by Gasteiger charge is 2.49.